The molecule has 2 heterocycles. The monoisotopic (exact) mass is 430 g/mol. The number of hydrogen-bond donors (Lipinski definition) is 2. The lowest BCUT2D eigenvalue weighted by Gasteiger charge is -2.23. The topological polar surface area (TPSA) is 99.7 Å². The van der Waals surface area contributed by atoms with Gasteiger partial charge in [-0.25, -0.2) is 4.79 Å². The van der Waals surface area contributed by atoms with Crippen molar-refractivity contribution in [2.24, 2.45) is 0 Å². The molecule has 7 heteroatoms. The van der Waals surface area contributed by atoms with Crippen molar-refractivity contribution >= 4 is 28.7 Å². The summed E-state index contributed by atoms with van der Waals surface area (Å²) in [5, 5.41) is 9.72. The molecule has 2 N–H and O–H groups in total. The summed E-state index contributed by atoms with van der Waals surface area (Å²) in [7, 11) is 1.24. The molecule has 3 aromatic rings. The van der Waals surface area contributed by atoms with Gasteiger partial charge in [0, 0.05) is 42.1 Å². The highest BCUT2D eigenvalue weighted by atomic mass is 16.5. The van der Waals surface area contributed by atoms with E-state index < -0.39 is 23.8 Å². The Balaban J connectivity index is 1.63. The highest BCUT2D eigenvalue weighted by Gasteiger charge is 2.43. The van der Waals surface area contributed by atoms with Gasteiger partial charge in [0.15, 0.2) is 0 Å². The standard InChI is InChI=1S/C25H22N2O5/c1-32-25(31)22(27-23(29)19-8-4-5-9-20(19)24(27)30)14-17-15-26-21-13-16(10-11-18(17)21)7-3-2-6-12-28/h4-5,8-11,13,15,22,26,28H,2,6,12,14H2,1H3/t22-/m0/s1. The molecule has 162 valence electrons. The molecular formula is C25H22N2O5. The molecule has 2 amide bonds. The minimum absolute atomic E-state index is 0.113. The number of fused-ring (bicyclic) bond motifs is 2. The molecule has 1 aliphatic heterocycles. The smallest absolute Gasteiger partial charge is 0.329 e. The number of benzene rings is 2. The van der Waals surface area contributed by atoms with Gasteiger partial charge in [-0.15, -0.1) is 0 Å². The summed E-state index contributed by atoms with van der Waals surface area (Å²) in [5.41, 5.74) is 3.02. The number of hydrogen-bond acceptors (Lipinski definition) is 5. The predicted molar refractivity (Wildman–Crippen MR) is 118 cm³/mol. The van der Waals surface area contributed by atoms with E-state index in [1.165, 1.54) is 7.11 Å². The van der Waals surface area contributed by atoms with Gasteiger partial charge in [-0.05, 0) is 36.2 Å². The third-order valence-corrected chi connectivity index (χ3v) is 5.48. The molecule has 0 fully saturated rings. The Bertz CT molecular complexity index is 1230. The second-order valence-corrected chi connectivity index (χ2v) is 7.47. The van der Waals surface area contributed by atoms with Crippen LogP contribution in [0.1, 0.15) is 44.7 Å². The van der Waals surface area contributed by atoms with Crippen molar-refractivity contribution in [1.82, 2.24) is 9.88 Å². The Labute approximate surface area is 185 Å². The van der Waals surface area contributed by atoms with E-state index in [1.54, 1.807) is 30.5 Å². The van der Waals surface area contributed by atoms with Crippen LogP contribution >= 0.6 is 0 Å². The minimum Gasteiger partial charge on any atom is -0.467 e. The van der Waals surface area contributed by atoms with Crippen LogP contribution in [0.3, 0.4) is 0 Å². The molecule has 0 spiro atoms. The second kappa shape index (κ2) is 9.08. The van der Waals surface area contributed by atoms with Crippen molar-refractivity contribution in [3.05, 3.63) is 70.9 Å². The zero-order valence-corrected chi connectivity index (χ0v) is 17.6. The number of unbranched alkanes of at least 4 members (excludes halogenated alkanes) is 1. The van der Waals surface area contributed by atoms with Crippen LogP contribution < -0.4 is 0 Å². The number of nitrogens with one attached hydrogen (secondary N) is 1. The molecule has 1 aromatic heterocycles. The third kappa shape index (κ3) is 3.88. The molecule has 4 rings (SSSR count). The number of aliphatic hydroxyl groups is 1. The van der Waals surface area contributed by atoms with Gasteiger partial charge in [-0.1, -0.05) is 30.0 Å². The highest BCUT2D eigenvalue weighted by molar-refractivity contribution is 6.22. The number of nitrogens with zero attached hydrogens (tertiary/aromatic N) is 1. The van der Waals surface area contributed by atoms with Crippen molar-refractivity contribution in [2.75, 3.05) is 13.7 Å². The van der Waals surface area contributed by atoms with E-state index in [2.05, 4.69) is 16.8 Å². The number of ether oxygens (including phenoxy) is 1. The Kier molecular flexibility index (Phi) is 6.06. The van der Waals surface area contributed by atoms with Crippen molar-refractivity contribution < 1.29 is 24.2 Å². The first-order valence-electron chi connectivity index (χ1n) is 10.3. The summed E-state index contributed by atoms with van der Waals surface area (Å²) in [6.07, 6.45) is 3.14. The maximum Gasteiger partial charge on any atom is 0.329 e. The van der Waals surface area contributed by atoms with Gasteiger partial charge in [0.25, 0.3) is 11.8 Å². The van der Waals surface area contributed by atoms with Gasteiger partial charge in [0.05, 0.1) is 18.2 Å². The summed E-state index contributed by atoms with van der Waals surface area (Å²) >= 11 is 0. The molecule has 1 aliphatic rings. The van der Waals surface area contributed by atoms with E-state index in [0.717, 1.165) is 26.9 Å². The summed E-state index contributed by atoms with van der Waals surface area (Å²) in [6.45, 7) is 0.113. The normalized spacial score (nSPS) is 13.6. The molecular weight excluding hydrogens is 408 g/mol. The molecule has 0 saturated heterocycles. The van der Waals surface area contributed by atoms with E-state index in [-0.39, 0.29) is 24.2 Å². The lowest BCUT2D eigenvalue weighted by molar-refractivity contribution is -0.145. The molecule has 0 aliphatic carbocycles. The Hall–Kier alpha value is -3.89. The molecule has 32 heavy (non-hydrogen) atoms. The first kappa shape index (κ1) is 21.3. The SMILES string of the molecule is COC(=O)[C@H](Cc1c[nH]c2cc(C#CCCCO)ccc12)N1C(=O)c2ccccc2C1=O. The Morgan fingerprint density at radius 3 is 2.53 bits per heavy atom. The average molecular weight is 430 g/mol. The number of aromatic nitrogens is 1. The summed E-state index contributed by atoms with van der Waals surface area (Å²) < 4.78 is 4.93. The lowest BCUT2D eigenvalue weighted by Crippen LogP contribution is -2.46. The maximum absolute atomic E-state index is 12.9. The molecule has 7 nitrogen and oxygen atoms in total. The van der Waals surface area contributed by atoms with E-state index in [4.69, 9.17) is 9.84 Å². The number of rotatable bonds is 6. The minimum atomic E-state index is -1.08. The second-order valence-electron chi connectivity index (χ2n) is 7.47. The van der Waals surface area contributed by atoms with Crippen LogP contribution in [0, 0.1) is 11.8 Å². The third-order valence-electron chi connectivity index (χ3n) is 5.48. The number of amides is 2. The van der Waals surface area contributed by atoms with Gasteiger partial charge in [-0.2, -0.15) is 0 Å². The summed E-state index contributed by atoms with van der Waals surface area (Å²) in [6, 6.07) is 11.1. The number of carbonyl (C=O) groups excluding carboxylic acids is 3. The fourth-order valence-electron chi connectivity index (χ4n) is 3.88. The van der Waals surface area contributed by atoms with E-state index in [0.29, 0.717) is 12.8 Å². The van der Waals surface area contributed by atoms with Gasteiger partial charge in [-0.3, -0.25) is 14.5 Å². The summed E-state index contributed by atoms with van der Waals surface area (Å²) in [4.78, 5) is 42.6. The van der Waals surface area contributed by atoms with E-state index in [9.17, 15) is 14.4 Å². The average Bonchev–Trinajstić information content (AvgIpc) is 3.33. The van der Waals surface area contributed by atoms with Gasteiger partial charge >= 0.3 is 5.97 Å². The van der Waals surface area contributed by atoms with Crippen LogP contribution in [0.5, 0.6) is 0 Å². The van der Waals surface area contributed by atoms with Crippen LogP contribution in [-0.4, -0.2) is 52.5 Å². The number of aromatic amines is 1. The van der Waals surface area contributed by atoms with Crippen LogP contribution in [-0.2, 0) is 16.0 Å². The number of methoxy groups -OCH3 is 1. The number of aliphatic hydroxyl groups excluding tert-OH is 1. The number of H-pyrrole nitrogens is 1. The molecule has 0 bridgehead atoms. The molecule has 1 atom stereocenters. The first-order chi connectivity index (χ1) is 15.5. The quantitative estimate of drug-likeness (QED) is 0.271. The van der Waals surface area contributed by atoms with Crippen LogP contribution in [0.2, 0.25) is 0 Å². The van der Waals surface area contributed by atoms with Crippen molar-refractivity contribution in [1.29, 1.82) is 0 Å². The van der Waals surface area contributed by atoms with Gasteiger partial charge < -0.3 is 14.8 Å². The fraction of sp³-hybridized carbons (Fsp3) is 0.240. The van der Waals surface area contributed by atoms with Crippen molar-refractivity contribution in [3.8, 4) is 11.8 Å². The van der Waals surface area contributed by atoms with Crippen molar-refractivity contribution in [2.45, 2.75) is 25.3 Å². The molecule has 0 radical (unpaired) electrons. The van der Waals surface area contributed by atoms with E-state index >= 15 is 0 Å². The van der Waals surface area contributed by atoms with Crippen molar-refractivity contribution in [3.63, 3.8) is 0 Å². The van der Waals surface area contributed by atoms with Gasteiger partial charge in [0.2, 0.25) is 0 Å². The largest absolute Gasteiger partial charge is 0.467 e. The summed E-state index contributed by atoms with van der Waals surface area (Å²) in [5.74, 6) is 4.43. The zero-order valence-electron chi connectivity index (χ0n) is 17.6. The highest BCUT2D eigenvalue weighted by Crippen LogP contribution is 2.28. The molecule has 2 aromatic carbocycles. The van der Waals surface area contributed by atoms with Crippen LogP contribution in [0.25, 0.3) is 10.9 Å². The van der Waals surface area contributed by atoms with Crippen LogP contribution in [0.4, 0.5) is 0 Å². The maximum atomic E-state index is 12.9. The lowest BCUT2D eigenvalue weighted by atomic mass is 10.0. The Morgan fingerprint density at radius 1 is 1.16 bits per heavy atom. The number of imide groups is 1. The number of esters is 1. The first-order valence-corrected chi connectivity index (χ1v) is 10.3. The Morgan fingerprint density at radius 2 is 1.88 bits per heavy atom. The van der Waals surface area contributed by atoms with Crippen LogP contribution in [0.15, 0.2) is 48.7 Å². The number of carbonyl (C=O) groups is 3. The van der Waals surface area contributed by atoms with E-state index in [1.807, 2.05) is 18.2 Å². The molecule has 0 saturated carbocycles. The predicted octanol–water partition coefficient (Wildman–Crippen LogP) is 2.67. The zero-order chi connectivity index (χ0) is 22.7. The molecule has 0 unspecified atom stereocenters. The fourth-order valence-corrected chi connectivity index (χ4v) is 3.88. The van der Waals surface area contributed by atoms with Gasteiger partial charge in [0.1, 0.15) is 6.04 Å².